The van der Waals surface area contributed by atoms with Crippen molar-refractivity contribution >= 4 is 16.9 Å². The minimum atomic E-state index is -0.229. The van der Waals surface area contributed by atoms with Gasteiger partial charge in [-0.1, -0.05) is 48.5 Å². The number of rotatable bonds is 5. The Bertz CT molecular complexity index is 818. The van der Waals surface area contributed by atoms with E-state index in [0.717, 1.165) is 29.4 Å². The molecule has 3 rings (SSSR count). The Labute approximate surface area is 136 Å². The molecule has 0 N–H and O–H groups in total. The molecule has 3 aromatic rings. The molecule has 0 amide bonds. The first-order valence-electron chi connectivity index (χ1n) is 7.99. The van der Waals surface area contributed by atoms with E-state index in [2.05, 4.69) is 16.7 Å². The Morgan fingerprint density at radius 3 is 2.43 bits per heavy atom. The quantitative estimate of drug-likeness (QED) is 0.663. The molecule has 0 saturated carbocycles. The fourth-order valence-electron chi connectivity index (χ4n) is 3.08. The number of hydrogen-bond donors (Lipinski definition) is 0. The van der Waals surface area contributed by atoms with E-state index in [1.807, 2.05) is 56.4 Å². The van der Waals surface area contributed by atoms with Crippen LogP contribution < -0.4 is 0 Å². The average Bonchev–Trinajstić information content (AvgIpc) is 2.87. The molecule has 0 aliphatic heterocycles. The van der Waals surface area contributed by atoms with E-state index in [4.69, 9.17) is 4.74 Å². The average molecular weight is 307 g/mol. The molecule has 0 fully saturated rings. The van der Waals surface area contributed by atoms with E-state index in [1.165, 1.54) is 5.56 Å². The van der Waals surface area contributed by atoms with Crippen LogP contribution in [-0.4, -0.2) is 17.1 Å². The lowest BCUT2D eigenvalue weighted by molar-refractivity contribution is 0.0527. The standard InChI is InChI=1S/C20H21NO2/c1-3-23-20(22)19-16-11-7-8-12-17(16)21(2)18(19)14-13-15-9-5-4-6-10-15/h4-12H,3,13-14H2,1-2H3. The molecule has 0 atom stereocenters. The molecule has 0 aliphatic carbocycles. The molecule has 0 radical (unpaired) electrons. The highest BCUT2D eigenvalue weighted by molar-refractivity contribution is 6.06. The Kier molecular flexibility index (Phi) is 4.47. The van der Waals surface area contributed by atoms with Crippen molar-refractivity contribution in [1.29, 1.82) is 0 Å². The van der Waals surface area contributed by atoms with Crippen molar-refractivity contribution in [1.82, 2.24) is 4.57 Å². The summed E-state index contributed by atoms with van der Waals surface area (Å²) < 4.78 is 7.41. The number of aromatic nitrogens is 1. The molecule has 0 aliphatic rings. The van der Waals surface area contributed by atoms with Crippen molar-refractivity contribution in [3.05, 3.63) is 71.4 Å². The van der Waals surface area contributed by atoms with Gasteiger partial charge in [0.1, 0.15) is 0 Å². The zero-order valence-electron chi connectivity index (χ0n) is 13.6. The molecule has 0 saturated heterocycles. The monoisotopic (exact) mass is 307 g/mol. The molecule has 2 aromatic carbocycles. The Hall–Kier alpha value is -2.55. The minimum Gasteiger partial charge on any atom is -0.462 e. The number of fused-ring (bicyclic) bond motifs is 1. The Morgan fingerprint density at radius 2 is 1.70 bits per heavy atom. The first-order chi connectivity index (χ1) is 11.2. The highest BCUT2D eigenvalue weighted by Gasteiger charge is 2.21. The third kappa shape index (κ3) is 3.00. The number of carbonyl (C=O) groups excluding carboxylic acids is 1. The lowest BCUT2D eigenvalue weighted by atomic mass is 10.0. The minimum absolute atomic E-state index is 0.229. The highest BCUT2D eigenvalue weighted by Crippen LogP contribution is 2.27. The second-order valence-corrected chi connectivity index (χ2v) is 5.60. The molecule has 3 heteroatoms. The van der Waals surface area contributed by atoms with E-state index in [0.29, 0.717) is 12.2 Å². The van der Waals surface area contributed by atoms with Crippen LogP contribution in [0.4, 0.5) is 0 Å². The van der Waals surface area contributed by atoms with Crippen LogP contribution in [-0.2, 0) is 24.6 Å². The molecule has 3 nitrogen and oxygen atoms in total. The predicted octanol–water partition coefficient (Wildman–Crippen LogP) is 4.14. The van der Waals surface area contributed by atoms with Gasteiger partial charge in [-0.2, -0.15) is 0 Å². The van der Waals surface area contributed by atoms with Gasteiger partial charge in [-0.05, 0) is 31.4 Å². The van der Waals surface area contributed by atoms with Crippen molar-refractivity contribution in [3.63, 3.8) is 0 Å². The van der Waals surface area contributed by atoms with Gasteiger partial charge in [-0.25, -0.2) is 4.79 Å². The van der Waals surface area contributed by atoms with Crippen LogP contribution in [0.2, 0.25) is 0 Å². The zero-order valence-corrected chi connectivity index (χ0v) is 13.6. The van der Waals surface area contributed by atoms with E-state index in [1.54, 1.807) is 0 Å². The Balaban J connectivity index is 2.02. The van der Waals surface area contributed by atoms with Gasteiger partial charge in [0.25, 0.3) is 0 Å². The number of ether oxygens (including phenoxy) is 1. The summed E-state index contributed by atoms with van der Waals surface area (Å²) in [5.74, 6) is -0.229. The first-order valence-corrected chi connectivity index (χ1v) is 7.99. The third-order valence-corrected chi connectivity index (χ3v) is 4.20. The number of esters is 1. The number of nitrogens with zero attached hydrogens (tertiary/aromatic N) is 1. The van der Waals surface area contributed by atoms with Crippen LogP contribution >= 0.6 is 0 Å². The number of aryl methyl sites for hydroxylation is 2. The summed E-state index contributed by atoms with van der Waals surface area (Å²) >= 11 is 0. The summed E-state index contributed by atoms with van der Waals surface area (Å²) in [6.45, 7) is 2.23. The van der Waals surface area contributed by atoms with Crippen molar-refractivity contribution in [2.45, 2.75) is 19.8 Å². The first kappa shape index (κ1) is 15.3. The van der Waals surface area contributed by atoms with Gasteiger partial charge in [0, 0.05) is 23.6 Å². The largest absolute Gasteiger partial charge is 0.462 e. The second-order valence-electron chi connectivity index (χ2n) is 5.60. The molecule has 1 heterocycles. The highest BCUT2D eigenvalue weighted by atomic mass is 16.5. The molecule has 0 bridgehead atoms. The van der Waals surface area contributed by atoms with E-state index in [9.17, 15) is 4.79 Å². The van der Waals surface area contributed by atoms with Crippen LogP contribution in [0.15, 0.2) is 54.6 Å². The number of benzene rings is 2. The number of carbonyl (C=O) groups is 1. The smallest absolute Gasteiger partial charge is 0.340 e. The lowest BCUT2D eigenvalue weighted by Crippen LogP contribution is -2.10. The summed E-state index contributed by atoms with van der Waals surface area (Å²) in [6, 6.07) is 18.3. The Morgan fingerprint density at radius 1 is 1.00 bits per heavy atom. The van der Waals surface area contributed by atoms with E-state index < -0.39 is 0 Å². The molecular weight excluding hydrogens is 286 g/mol. The predicted molar refractivity (Wildman–Crippen MR) is 92.7 cm³/mol. The van der Waals surface area contributed by atoms with Gasteiger partial charge in [-0.3, -0.25) is 0 Å². The SMILES string of the molecule is CCOC(=O)c1c(CCc2ccccc2)n(C)c2ccccc12. The van der Waals surface area contributed by atoms with E-state index >= 15 is 0 Å². The molecule has 0 unspecified atom stereocenters. The summed E-state index contributed by atoms with van der Waals surface area (Å²) in [4.78, 5) is 12.5. The fraction of sp³-hybridized carbons (Fsp3) is 0.250. The van der Waals surface area contributed by atoms with Gasteiger partial charge in [0.05, 0.1) is 12.2 Å². The van der Waals surface area contributed by atoms with Crippen LogP contribution in [0.3, 0.4) is 0 Å². The van der Waals surface area contributed by atoms with Crippen LogP contribution in [0.1, 0.15) is 28.5 Å². The van der Waals surface area contributed by atoms with Gasteiger partial charge in [0.2, 0.25) is 0 Å². The van der Waals surface area contributed by atoms with Crippen molar-refractivity contribution in [2.24, 2.45) is 7.05 Å². The summed E-state index contributed by atoms with van der Waals surface area (Å²) in [6.07, 6.45) is 1.71. The molecule has 1 aromatic heterocycles. The van der Waals surface area contributed by atoms with Gasteiger partial charge < -0.3 is 9.30 Å². The normalized spacial score (nSPS) is 10.9. The molecule has 0 spiro atoms. The van der Waals surface area contributed by atoms with Crippen LogP contribution in [0, 0.1) is 0 Å². The van der Waals surface area contributed by atoms with Gasteiger partial charge in [-0.15, -0.1) is 0 Å². The molecule has 118 valence electrons. The molecule has 23 heavy (non-hydrogen) atoms. The topological polar surface area (TPSA) is 31.2 Å². The number of para-hydroxylation sites is 1. The summed E-state index contributed by atoms with van der Waals surface area (Å²) in [7, 11) is 2.02. The third-order valence-electron chi connectivity index (χ3n) is 4.20. The van der Waals surface area contributed by atoms with Crippen molar-refractivity contribution in [3.8, 4) is 0 Å². The maximum Gasteiger partial charge on any atom is 0.340 e. The van der Waals surface area contributed by atoms with Crippen LogP contribution in [0.5, 0.6) is 0 Å². The maximum atomic E-state index is 12.5. The summed E-state index contributed by atoms with van der Waals surface area (Å²) in [5, 5.41) is 0.969. The van der Waals surface area contributed by atoms with Gasteiger partial charge in [0.15, 0.2) is 0 Å². The van der Waals surface area contributed by atoms with Crippen LogP contribution in [0.25, 0.3) is 10.9 Å². The second kappa shape index (κ2) is 6.69. The maximum absolute atomic E-state index is 12.5. The van der Waals surface area contributed by atoms with Gasteiger partial charge >= 0.3 is 5.97 Å². The van der Waals surface area contributed by atoms with Crippen molar-refractivity contribution in [2.75, 3.05) is 6.61 Å². The zero-order chi connectivity index (χ0) is 16.2. The molecular formula is C20H21NO2. The fourth-order valence-corrected chi connectivity index (χ4v) is 3.08. The lowest BCUT2D eigenvalue weighted by Gasteiger charge is -2.08. The summed E-state index contributed by atoms with van der Waals surface area (Å²) in [5.41, 5.74) is 4.08. The van der Waals surface area contributed by atoms with E-state index in [-0.39, 0.29) is 5.97 Å². The number of hydrogen-bond acceptors (Lipinski definition) is 2. The van der Waals surface area contributed by atoms with Crippen molar-refractivity contribution < 1.29 is 9.53 Å².